The van der Waals surface area contributed by atoms with Crippen LogP contribution in [0.1, 0.15) is 33.1 Å². The second kappa shape index (κ2) is 5.86. The van der Waals surface area contributed by atoms with Crippen molar-refractivity contribution in [3.63, 3.8) is 0 Å². The van der Waals surface area contributed by atoms with Crippen LogP contribution in [0.3, 0.4) is 0 Å². The van der Waals surface area contributed by atoms with Gasteiger partial charge in [-0.25, -0.2) is 4.79 Å². The van der Waals surface area contributed by atoms with Gasteiger partial charge in [-0.2, -0.15) is 0 Å². The first-order valence-corrected chi connectivity index (χ1v) is 5.46. The lowest BCUT2D eigenvalue weighted by Crippen LogP contribution is -2.41. The van der Waals surface area contributed by atoms with Gasteiger partial charge in [0.15, 0.2) is 0 Å². The molecular weight excluding hydrogens is 178 g/mol. The third-order valence-corrected chi connectivity index (χ3v) is 2.36. The zero-order valence-electron chi connectivity index (χ0n) is 9.10. The van der Waals surface area contributed by atoms with Crippen molar-refractivity contribution in [3.05, 3.63) is 0 Å². The van der Waals surface area contributed by atoms with Crippen LogP contribution in [0.5, 0.6) is 0 Å². The molecule has 0 spiro atoms. The molecule has 0 aromatic rings. The fourth-order valence-electron chi connectivity index (χ4n) is 1.68. The molecule has 1 atom stereocenters. The standard InChI is InChI=1S/C10H21N3O/c1-8(2)13-10(14)12-7-5-9-4-3-6-11-9/h8-9,11H,3-7H2,1-2H3,(H2,12,13,14)/t9-/m0/s1. The van der Waals surface area contributed by atoms with Crippen molar-refractivity contribution in [2.45, 2.75) is 45.2 Å². The lowest BCUT2D eigenvalue weighted by atomic mass is 10.1. The number of nitrogens with one attached hydrogen (secondary N) is 3. The summed E-state index contributed by atoms with van der Waals surface area (Å²) in [6.07, 6.45) is 3.54. The van der Waals surface area contributed by atoms with Gasteiger partial charge in [-0.1, -0.05) is 0 Å². The summed E-state index contributed by atoms with van der Waals surface area (Å²) in [4.78, 5) is 11.2. The van der Waals surface area contributed by atoms with Crippen LogP contribution in [-0.4, -0.2) is 31.2 Å². The molecule has 82 valence electrons. The normalized spacial score (nSPS) is 21.2. The van der Waals surface area contributed by atoms with Gasteiger partial charge in [0.25, 0.3) is 0 Å². The Kier molecular flexibility index (Phi) is 4.73. The second-order valence-electron chi connectivity index (χ2n) is 4.14. The van der Waals surface area contributed by atoms with E-state index < -0.39 is 0 Å². The SMILES string of the molecule is CC(C)NC(=O)NCC[C@@H]1CCCN1. The largest absolute Gasteiger partial charge is 0.338 e. The second-order valence-corrected chi connectivity index (χ2v) is 4.14. The minimum absolute atomic E-state index is 0.0574. The fraction of sp³-hybridized carbons (Fsp3) is 0.900. The molecule has 0 saturated carbocycles. The Balaban J connectivity index is 1.99. The molecule has 4 nitrogen and oxygen atoms in total. The third kappa shape index (κ3) is 4.46. The highest BCUT2D eigenvalue weighted by atomic mass is 16.2. The van der Waals surface area contributed by atoms with Gasteiger partial charge in [0, 0.05) is 18.6 Å². The van der Waals surface area contributed by atoms with E-state index in [1.54, 1.807) is 0 Å². The average molecular weight is 199 g/mol. The van der Waals surface area contributed by atoms with Crippen molar-refractivity contribution in [1.82, 2.24) is 16.0 Å². The Morgan fingerprint density at radius 3 is 2.93 bits per heavy atom. The summed E-state index contributed by atoms with van der Waals surface area (Å²) in [6, 6.07) is 0.756. The minimum atomic E-state index is -0.0574. The van der Waals surface area contributed by atoms with E-state index in [0.29, 0.717) is 6.04 Å². The Hall–Kier alpha value is -0.770. The van der Waals surface area contributed by atoms with E-state index in [1.165, 1.54) is 12.8 Å². The lowest BCUT2D eigenvalue weighted by Gasteiger charge is -2.12. The summed E-state index contributed by atoms with van der Waals surface area (Å²) in [7, 11) is 0. The van der Waals surface area contributed by atoms with Crippen LogP contribution in [0.2, 0.25) is 0 Å². The average Bonchev–Trinajstić information content (AvgIpc) is 2.55. The molecule has 1 rings (SSSR count). The van der Waals surface area contributed by atoms with Crippen molar-refractivity contribution in [3.8, 4) is 0 Å². The number of carbonyl (C=O) groups is 1. The zero-order chi connectivity index (χ0) is 10.4. The van der Waals surface area contributed by atoms with Crippen LogP contribution in [-0.2, 0) is 0 Å². The molecule has 3 N–H and O–H groups in total. The molecule has 4 heteroatoms. The van der Waals surface area contributed by atoms with Crippen molar-refractivity contribution >= 4 is 6.03 Å². The molecule has 1 aliphatic rings. The Labute approximate surface area is 85.8 Å². The number of hydrogen-bond acceptors (Lipinski definition) is 2. The molecule has 0 radical (unpaired) electrons. The predicted molar refractivity (Wildman–Crippen MR) is 57.3 cm³/mol. The maximum Gasteiger partial charge on any atom is 0.314 e. The first kappa shape index (κ1) is 11.3. The molecule has 1 heterocycles. The van der Waals surface area contributed by atoms with Gasteiger partial charge in [-0.3, -0.25) is 0 Å². The van der Waals surface area contributed by atoms with Crippen LogP contribution in [0.15, 0.2) is 0 Å². The molecule has 14 heavy (non-hydrogen) atoms. The number of carbonyl (C=O) groups excluding carboxylic acids is 1. The van der Waals surface area contributed by atoms with Crippen molar-refractivity contribution < 1.29 is 4.79 Å². The van der Waals surface area contributed by atoms with Crippen molar-refractivity contribution in [1.29, 1.82) is 0 Å². The van der Waals surface area contributed by atoms with Crippen LogP contribution in [0.4, 0.5) is 4.79 Å². The van der Waals surface area contributed by atoms with Crippen LogP contribution < -0.4 is 16.0 Å². The van der Waals surface area contributed by atoms with Crippen LogP contribution in [0.25, 0.3) is 0 Å². The zero-order valence-corrected chi connectivity index (χ0v) is 9.10. The van der Waals surface area contributed by atoms with Crippen LogP contribution in [0, 0.1) is 0 Å². The maximum atomic E-state index is 11.2. The van der Waals surface area contributed by atoms with E-state index in [9.17, 15) is 4.79 Å². The quantitative estimate of drug-likeness (QED) is 0.628. The lowest BCUT2D eigenvalue weighted by molar-refractivity contribution is 0.238. The van der Waals surface area contributed by atoms with E-state index >= 15 is 0 Å². The molecule has 0 bridgehead atoms. The summed E-state index contributed by atoms with van der Waals surface area (Å²) in [6.45, 7) is 5.80. The monoisotopic (exact) mass is 199 g/mol. The van der Waals surface area contributed by atoms with Gasteiger partial charge < -0.3 is 16.0 Å². The minimum Gasteiger partial charge on any atom is -0.338 e. The smallest absolute Gasteiger partial charge is 0.314 e. The van der Waals surface area contributed by atoms with Crippen molar-refractivity contribution in [2.24, 2.45) is 0 Å². The van der Waals surface area contributed by atoms with Gasteiger partial charge >= 0.3 is 6.03 Å². The molecule has 0 unspecified atom stereocenters. The van der Waals surface area contributed by atoms with E-state index in [-0.39, 0.29) is 12.1 Å². The summed E-state index contributed by atoms with van der Waals surface area (Å²) >= 11 is 0. The Morgan fingerprint density at radius 1 is 1.57 bits per heavy atom. The summed E-state index contributed by atoms with van der Waals surface area (Å²) in [5.74, 6) is 0. The number of amides is 2. The van der Waals surface area contributed by atoms with Gasteiger partial charge in [-0.15, -0.1) is 0 Å². The predicted octanol–water partition coefficient (Wildman–Crippen LogP) is 0.836. The van der Waals surface area contributed by atoms with Gasteiger partial charge in [0.2, 0.25) is 0 Å². The number of urea groups is 1. The van der Waals surface area contributed by atoms with Crippen LogP contribution >= 0.6 is 0 Å². The third-order valence-electron chi connectivity index (χ3n) is 2.36. The molecular formula is C10H21N3O. The number of hydrogen-bond donors (Lipinski definition) is 3. The number of rotatable bonds is 4. The molecule has 1 aliphatic heterocycles. The summed E-state index contributed by atoms with van der Waals surface area (Å²) < 4.78 is 0. The van der Waals surface area contributed by atoms with Crippen molar-refractivity contribution in [2.75, 3.05) is 13.1 Å². The Bertz CT molecular complexity index is 176. The molecule has 0 aromatic carbocycles. The fourth-order valence-corrected chi connectivity index (χ4v) is 1.68. The highest BCUT2D eigenvalue weighted by Crippen LogP contribution is 2.07. The highest BCUT2D eigenvalue weighted by molar-refractivity contribution is 5.73. The first-order chi connectivity index (χ1) is 6.68. The molecule has 0 aliphatic carbocycles. The maximum absolute atomic E-state index is 11.2. The molecule has 1 saturated heterocycles. The summed E-state index contributed by atoms with van der Waals surface area (Å²) in [5, 5.41) is 9.05. The van der Waals surface area contributed by atoms with Gasteiger partial charge in [-0.05, 0) is 39.7 Å². The van der Waals surface area contributed by atoms with E-state index in [4.69, 9.17) is 0 Å². The summed E-state index contributed by atoms with van der Waals surface area (Å²) in [5.41, 5.74) is 0. The molecule has 1 fully saturated rings. The van der Waals surface area contributed by atoms with E-state index in [1.807, 2.05) is 13.8 Å². The Morgan fingerprint density at radius 2 is 2.36 bits per heavy atom. The van der Waals surface area contributed by atoms with E-state index in [0.717, 1.165) is 19.5 Å². The van der Waals surface area contributed by atoms with Gasteiger partial charge in [0.05, 0.1) is 0 Å². The molecule has 2 amide bonds. The highest BCUT2D eigenvalue weighted by Gasteiger charge is 2.13. The topological polar surface area (TPSA) is 53.2 Å². The molecule has 0 aromatic heterocycles. The van der Waals surface area contributed by atoms with E-state index in [2.05, 4.69) is 16.0 Å². The first-order valence-electron chi connectivity index (χ1n) is 5.46. The van der Waals surface area contributed by atoms with Gasteiger partial charge in [0.1, 0.15) is 0 Å².